The highest BCUT2D eigenvalue weighted by atomic mass is 35.5. The summed E-state index contributed by atoms with van der Waals surface area (Å²) in [6.07, 6.45) is 3.89. The van der Waals surface area contributed by atoms with Gasteiger partial charge in [0.15, 0.2) is 0 Å². The molecule has 1 aromatic rings. The molecule has 0 spiro atoms. The molecule has 0 aliphatic heterocycles. The van der Waals surface area contributed by atoms with Crippen LogP contribution in [0.1, 0.15) is 24.0 Å². The number of aryl methyl sites for hydroxylation is 1. The van der Waals surface area contributed by atoms with E-state index in [1.807, 2.05) is 0 Å². The third-order valence-corrected chi connectivity index (χ3v) is 3.39. The van der Waals surface area contributed by atoms with Gasteiger partial charge in [0.05, 0.1) is 0 Å². The Balaban J connectivity index is 0.00000162. The van der Waals surface area contributed by atoms with Gasteiger partial charge in [0.25, 0.3) is 0 Å². The molecule has 3 nitrogen and oxygen atoms in total. The summed E-state index contributed by atoms with van der Waals surface area (Å²) in [5, 5.41) is 2.84. The highest BCUT2D eigenvalue weighted by Crippen LogP contribution is 2.27. The zero-order valence-corrected chi connectivity index (χ0v) is 11.3. The summed E-state index contributed by atoms with van der Waals surface area (Å²) in [6.45, 7) is 1.10. The number of nitrogens with one attached hydrogen (secondary N) is 1. The Labute approximate surface area is 115 Å². The van der Waals surface area contributed by atoms with E-state index in [9.17, 15) is 4.79 Å². The minimum atomic E-state index is 0. The molecule has 0 saturated carbocycles. The topological polar surface area (TPSA) is 55.1 Å². The van der Waals surface area contributed by atoms with Crippen molar-refractivity contribution < 1.29 is 4.79 Å². The maximum atomic E-state index is 11.6. The molecule has 2 rings (SSSR count). The molecule has 0 heterocycles. The van der Waals surface area contributed by atoms with Crippen LogP contribution < -0.4 is 11.1 Å². The highest BCUT2D eigenvalue weighted by Gasteiger charge is 2.20. The van der Waals surface area contributed by atoms with Gasteiger partial charge in [-0.25, -0.2) is 0 Å². The van der Waals surface area contributed by atoms with Crippen LogP contribution >= 0.6 is 12.4 Å². The summed E-state index contributed by atoms with van der Waals surface area (Å²) in [6, 6.07) is 8.54. The van der Waals surface area contributed by atoms with E-state index in [0.717, 1.165) is 19.3 Å². The van der Waals surface area contributed by atoms with Crippen molar-refractivity contribution in [2.45, 2.75) is 25.7 Å². The number of amides is 1. The van der Waals surface area contributed by atoms with Crippen molar-refractivity contribution in [1.29, 1.82) is 0 Å². The van der Waals surface area contributed by atoms with Crippen LogP contribution in [0.25, 0.3) is 0 Å². The van der Waals surface area contributed by atoms with Crippen LogP contribution in [0.4, 0.5) is 0 Å². The Morgan fingerprint density at radius 1 is 1.33 bits per heavy atom. The minimum Gasteiger partial charge on any atom is -0.355 e. The molecule has 4 heteroatoms. The lowest BCUT2D eigenvalue weighted by atomic mass is 9.82. The van der Waals surface area contributed by atoms with Crippen LogP contribution in [-0.4, -0.2) is 19.0 Å². The molecule has 1 aliphatic carbocycles. The van der Waals surface area contributed by atoms with Crippen LogP contribution in [0.3, 0.4) is 0 Å². The summed E-state index contributed by atoms with van der Waals surface area (Å²) in [4.78, 5) is 11.6. The zero-order valence-electron chi connectivity index (χ0n) is 10.5. The second kappa shape index (κ2) is 7.39. The Morgan fingerprint density at radius 3 is 2.78 bits per heavy atom. The monoisotopic (exact) mass is 268 g/mol. The van der Waals surface area contributed by atoms with E-state index in [2.05, 4.69) is 29.6 Å². The van der Waals surface area contributed by atoms with E-state index in [1.54, 1.807) is 0 Å². The predicted molar refractivity (Wildman–Crippen MR) is 75.9 cm³/mol. The molecule has 0 bridgehead atoms. The van der Waals surface area contributed by atoms with E-state index >= 15 is 0 Å². The van der Waals surface area contributed by atoms with E-state index in [1.165, 1.54) is 11.1 Å². The minimum absolute atomic E-state index is 0. The van der Waals surface area contributed by atoms with Gasteiger partial charge in [-0.15, -0.1) is 12.4 Å². The third-order valence-electron chi connectivity index (χ3n) is 3.39. The molecule has 1 aliphatic rings. The Morgan fingerprint density at radius 2 is 2.06 bits per heavy atom. The maximum absolute atomic E-state index is 11.6. The standard InChI is InChI=1S/C14H20N2O.ClH/c15-7-8-16-14(17)10-11-5-6-12-3-1-2-4-13(12)9-11;/h1-4,11H,5-10,15H2,(H,16,17);1H. The number of rotatable bonds is 4. The molecule has 1 atom stereocenters. The van der Waals surface area contributed by atoms with Gasteiger partial charge in [0.1, 0.15) is 0 Å². The number of carbonyl (C=O) groups is 1. The predicted octanol–water partition coefficient (Wildman–Crippen LogP) is 1.68. The van der Waals surface area contributed by atoms with Gasteiger partial charge >= 0.3 is 0 Å². The number of hydrogen-bond acceptors (Lipinski definition) is 2. The lowest BCUT2D eigenvalue weighted by Gasteiger charge is -2.24. The number of benzene rings is 1. The Hall–Kier alpha value is -1.06. The number of carbonyl (C=O) groups excluding carboxylic acids is 1. The van der Waals surface area contributed by atoms with Gasteiger partial charge < -0.3 is 11.1 Å². The van der Waals surface area contributed by atoms with Crippen molar-refractivity contribution in [2.24, 2.45) is 11.7 Å². The van der Waals surface area contributed by atoms with Crippen molar-refractivity contribution in [3.05, 3.63) is 35.4 Å². The molecule has 1 aromatic carbocycles. The van der Waals surface area contributed by atoms with Crippen LogP contribution in [0.2, 0.25) is 0 Å². The second-order valence-electron chi connectivity index (χ2n) is 4.72. The van der Waals surface area contributed by atoms with Crippen LogP contribution in [-0.2, 0) is 17.6 Å². The van der Waals surface area contributed by atoms with Crippen molar-refractivity contribution in [2.75, 3.05) is 13.1 Å². The van der Waals surface area contributed by atoms with Crippen molar-refractivity contribution in [3.63, 3.8) is 0 Å². The SMILES string of the molecule is Cl.NCCNC(=O)CC1CCc2ccccc2C1. The fourth-order valence-electron chi connectivity index (χ4n) is 2.49. The van der Waals surface area contributed by atoms with Gasteiger partial charge in [-0.05, 0) is 36.3 Å². The normalized spacial score (nSPS) is 17.5. The molecule has 0 fully saturated rings. The van der Waals surface area contributed by atoms with E-state index < -0.39 is 0 Å². The van der Waals surface area contributed by atoms with Gasteiger partial charge in [0.2, 0.25) is 5.91 Å². The van der Waals surface area contributed by atoms with E-state index in [-0.39, 0.29) is 18.3 Å². The summed E-state index contributed by atoms with van der Waals surface area (Å²) >= 11 is 0. The second-order valence-corrected chi connectivity index (χ2v) is 4.72. The van der Waals surface area contributed by atoms with Crippen molar-refractivity contribution in [3.8, 4) is 0 Å². The fourth-order valence-corrected chi connectivity index (χ4v) is 2.49. The highest BCUT2D eigenvalue weighted by molar-refractivity contribution is 5.85. The molecular formula is C14H21ClN2O. The molecular weight excluding hydrogens is 248 g/mol. The molecule has 3 N–H and O–H groups in total. The largest absolute Gasteiger partial charge is 0.355 e. The number of halogens is 1. The zero-order chi connectivity index (χ0) is 12.1. The molecule has 0 radical (unpaired) electrons. The average molecular weight is 269 g/mol. The van der Waals surface area contributed by atoms with Gasteiger partial charge in [-0.2, -0.15) is 0 Å². The Kier molecular flexibility index (Phi) is 6.16. The van der Waals surface area contributed by atoms with E-state index in [0.29, 0.717) is 25.4 Å². The molecule has 0 saturated heterocycles. The molecule has 0 aromatic heterocycles. The smallest absolute Gasteiger partial charge is 0.220 e. The number of nitrogens with two attached hydrogens (primary N) is 1. The van der Waals surface area contributed by atoms with Crippen molar-refractivity contribution >= 4 is 18.3 Å². The van der Waals surface area contributed by atoms with Crippen molar-refractivity contribution in [1.82, 2.24) is 5.32 Å². The van der Waals surface area contributed by atoms with E-state index in [4.69, 9.17) is 5.73 Å². The summed E-state index contributed by atoms with van der Waals surface area (Å²) in [5.41, 5.74) is 8.22. The molecule has 1 amide bonds. The first-order valence-corrected chi connectivity index (χ1v) is 6.33. The maximum Gasteiger partial charge on any atom is 0.220 e. The van der Waals surface area contributed by atoms with Gasteiger partial charge in [-0.3, -0.25) is 4.79 Å². The number of fused-ring (bicyclic) bond motifs is 1. The fraction of sp³-hybridized carbons (Fsp3) is 0.500. The van der Waals surface area contributed by atoms with Crippen LogP contribution in [0.15, 0.2) is 24.3 Å². The van der Waals surface area contributed by atoms with Crippen LogP contribution in [0, 0.1) is 5.92 Å². The van der Waals surface area contributed by atoms with Gasteiger partial charge in [-0.1, -0.05) is 24.3 Å². The molecule has 18 heavy (non-hydrogen) atoms. The third kappa shape index (κ3) is 4.00. The molecule has 1 unspecified atom stereocenters. The number of hydrogen-bond donors (Lipinski definition) is 2. The average Bonchev–Trinajstić information content (AvgIpc) is 2.36. The first-order valence-electron chi connectivity index (χ1n) is 6.33. The molecule has 100 valence electrons. The summed E-state index contributed by atoms with van der Waals surface area (Å²) in [5.74, 6) is 0.627. The van der Waals surface area contributed by atoms with Crippen LogP contribution in [0.5, 0.6) is 0 Å². The quantitative estimate of drug-likeness (QED) is 0.873. The first-order chi connectivity index (χ1) is 8.29. The van der Waals surface area contributed by atoms with Gasteiger partial charge in [0, 0.05) is 19.5 Å². The summed E-state index contributed by atoms with van der Waals surface area (Å²) < 4.78 is 0. The summed E-state index contributed by atoms with van der Waals surface area (Å²) in [7, 11) is 0. The lowest BCUT2D eigenvalue weighted by Crippen LogP contribution is -2.31. The lowest BCUT2D eigenvalue weighted by molar-refractivity contribution is -0.122. The first kappa shape index (κ1) is 15.0. The Bertz CT molecular complexity index is 395.